The number of hydrogen-bond donors (Lipinski definition) is 1. The molecule has 1 unspecified atom stereocenters. The fraction of sp³-hybridized carbons (Fsp3) is 0.333. The lowest BCUT2D eigenvalue weighted by atomic mass is 9.94. The molecule has 1 atom stereocenters. The molecule has 0 aliphatic heterocycles. The highest BCUT2D eigenvalue weighted by atomic mass is 19.1. The van der Waals surface area contributed by atoms with Crippen LogP contribution in [0.2, 0.25) is 0 Å². The minimum Gasteiger partial charge on any atom is -0.324 e. The van der Waals surface area contributed by atoms with Crippen molar-refractivity contribution in [2.24, 2.45) is 5.73 Å². The Balaban J connectivity index is 2.14. The summed E-state index contributed by atoms with van der Waals surface area (Å²) in [5.41, 5.74) is 10.7. The fourth-order valence-corrected chi connectivity index (χ4v) is 2.41. The molecule has 0 aliphatic carbocycles. The van der Waals surface area contributed by atoms with Gasteiger partial charge in [-0.3, -0.25) is 0 Å². The van der Waals surface area contributed by atoms with Crippen molar-refractivity contribution < 1.29 is 4.39 Å². The molecule has 0 saturated heterocycles. The maximum Gasteiger partial charge on any atom is 0.123 e. The van der Waals surface area contributed by atoms with Crippen molar-refractivity contribution in [2.45, 2.75) is 39.2 Å². The summed E-state index contributed by atoms with van der Waals surface area (Å²) in [5.74, 6) is 0.305. The Hall–Kier alpha value is -1.67. The predicted molar refractivity (Wildman–Crippen MR) is 82.3 cm³/mol. The molecule has 2 N–H and O–H groups in total. The van der Waals surface area contributed by atoms with Crippen LogP contribution in [-0.4, -0.2) is 0 Å². The number of rotatable bonds is 4. The third-order valence-corrected chi connectivity index (χ3v) is 3.74. The zero-order chi connectivity index (χ0) is 14.7. The molecule has 1 nitrogen and oxygen atoms in total. The number of nitrogens with two attached hydrogens (primary N) is 1. The van der Waals surface area contributed by atoms with Gasteiger partial charge in [-0.25, -0.2) is 4.39 Å². The van der Waals surface area contributed by atoms with Crippen LogP contribution in [0.1, 0.15) is 48.1 Å². The van der Waals surface area contributed by atoms with Crippen LogP contribution in [-0.2, 0) is 6.42 Å². The van der Waals surface area contributed by atoms with Crippen LogP contribution < -0.4 is 5.73 Å². The average Bonchev–Trinajstić information content (AvgIpc) is 2.42. The van der Waals surface area contributed by atoms with Gasteiger partial charge in [0, 0.05) is 6.04 Å². The summed E-state index contributed by atoms with van der Waals surface area (Å²) >= 11 is 0. The van der Waals surface area contributed by atoms with Crippen LogP contribution in [0.5, 0.6) is 0 Å². The summed E-state index contributed by atoms with van der Waals surface area (Å²) in [6.45, 7) is 6.32. The topological polar surface area (TPSA) is 26.0 Å². The van der Waals surface area contributed by atoms with Gasteiger partial charge in [-0.1, -0.05) is 44.2 Å². The van der Waals surface area contributed by atoms with Crippen molar-refractivity contribution in [3.63, 3.8) is 0 Å². The third-order valence-electron chi connectivity index (χ3n) is 3.74. The van der Waals surface area contributed by atoms with Gasteiger partial charge < -0.3 is 5.73 Å². The smallest absolute Gasteiger partial charge is 0.123 e. The monoisotopic (exact) mass is 271 g/mol. The van der Waals surface area contributed by atoms with Crippen molar-refractivity contribution in [1.82, 2.24) is 0 Å². The van der Waals surface area contributed by atoms with E-state index in [-0.39, 0.29) is 11.9 Å². The molecule has 0 radical (unpaired) electrons. The lowest BCUT2D eigenvalue weighted by molar-refractivity contribution is 0.617. The lowest BCUT2D eigenvalue weighted by Crippen LogP contribution is -2.15. The van der Waals surface area contributed by atoms with E-state index in [2.05, 4.69) is 38.1 Å². The van der Waals surface area contributed by atoms with Crippen molar-refractivity contribution in [3.05, 3.63) is 70.5 Å². The Morgan fingerprint density at radius 2 is 1.70 bits per heavy atom. The van der Waals surface area contributed by atoms with E-state index in [1.807, 2.05) is 6.92 Å². The third kappa shape index (κ3) is 3.45. The molecule has 0 fully saturated rings. The van der Waals surface area contributed by atoms with Crippen LogP contribution in [0.4, 0.5) is 4.39 Å². The maximum atomic E-state index is 13.3. The maximum absolute atomic E-state index is 13.3. The van der Waals surface area contributed by atoms with Gasteiger partial charge in [0.25, 0.3) is 0 Å². The fourth-order valence-electron chi connectivity index (χ4n) is 2.41. The standard InChI is InChI=1S/C18H22FN/c1-12(2)15-7-5-14(6-8-15)10-18(20)17-11-16(19)9-4-13(17)3/h4-9,11-12,18H,10,20H2,1-3H3. The molecule has 0 amide bonds. The van der Waals surface area contributed by atoms with Crippen LogP contribution >= 0.6 is 0 Å². The van der Waals surface area contributed by atoms with Crippen LogP contribution in [0, 0.1) is 12.7 Å². The molecule has 0 aliphatic rings. The highest BCUT2D eigenvalue weighted by Crippen LogP contribution is 2.22. The number of aryl methyl sites for hydroxylation is 1. The summed E-state index contributed by atoms with van der Waals surface area (Å²) in [4.78, 5) is 0. The SMILES string of the molecule is Cc1ccc(F)cc1C(N)Cc1ccc(C(C)C)cc1. The minimum atomic E-state index is -0.226. The molecule has 0 bridgehead atoms. The molecule has 2 heteroatoms. The molecule has 0 aromatic heterocycles. The Labute approximate surface area is 120 Å². The van der Waals surface area contributed by atoms with E-state index >= 15 is 0 Å². The predicted octanol–water partition coefficient (Wildman–Crippen LogP) is 4.50. The van der Waals surface area contributed by atoms with E-state index in [0.717, 1.165) is 17.5 Å². The molecule has 2 aromatic rings. The summed E-state index contributed by atoms with van der Waals surface area (Å²) in [5, 5.41) is 0. The minimum absolute atomic E-state index is 0.171. The Kier molecular flexibility index (Phi) is 4.56. The second-order valence-electron chi connectivity index (χ2n) is 5.71. The van der Waals surface area contributed by atoms with Crippen molar-refractivity contribution in [2.75, 3.05) is 0 Å². The van der Waals surface area contributed by atoms with E-state index in [4.69, 9.17) is 5.73 Å². The first kappa shape index (κ1) is 14.7. The number of benzene rings is 2. The molecular weight excluding hydrogens is 249 g/mol. The van der Waals surface area contributed by atoms with Gasteiger partial charge in [0.15, 0.2) is 0 Å². The summed E-state index contributed by atoms with van der Waals surface area (Å²) in [6, 6.07) is 13.2. The first-order valence-electron chi connectivity index (χ1n) is 7.08. The van der Waals surface area contributed by atoms with Gasteiger partial charge in [-0.2, -0.15) is 0 Å². The molecule has 0 heterocycles. The summed E-state index contributed by atoms with van der Waals surface area (Å²) < 4.78 is 13.3. The first-order valence-corrected chi connectivity index (χ1v) is 7.08. The first-order chi connectivity index (χ1) is 9.47. The van der Waals surface area contributed by atoms with E-state index in [1.54, 1.807) is 12.1 Å². The summed E-state index contributed by atoms with van der Waals surface area (Å²) in [7, 11) is 0. The van der Waals surface area contributed by atoms with Gasteiger partial charge in [0.1, 0.15) is 5.82 Å². The largest absolute Gasteiger partial charge is 0.324 e. The van der Waals surface area contributed by atoms with Gasteiger partial charge in [-0.15, -0.1) is 0 Å². The molecule has 20 heavy (non-hydrogen) atoms. The highest BCUT2D eigenvalue weighted by Gasteiger charge is 2.11. The quantitative estimate of drug-likeness (QED) is 0.870. The zero-order valence-electron chi connectivity index (χ0n) is 12.4. The highest BCUT2D eigenvalue weighted by molar-refractivity contribution is 5.32. The second-order valence-corrected chi connectivity index (χ2v) is 5.71. The van der Waals surface area contributed by atoms with E-state index in [0.29, 0.717) is 5.92 Å². The molecule has 106 valence electrons. The Morgan fingerprint density at radius 1 is 1.05 bits per heavy atom. The van der Waals surface area contributed by atoms with Crippen LogP contribution in [0.3, 0.4) is 0 Å². The number of halogens is 1. The molecule has 0 spiro atoms. The van der Waals surface area contributed by atoms with E-state index in [9.17, 15) is 4.39 Å². The molecular formula is C18H22FN. The van der Waals surface area contributed by atoms with Gasteiger partial charge in [0.05, 0.1) is 0 Å². The lowest BCUT2D eigenvalue weighted by Gasteiger charge is -2.15. The van der Waals surface area contributed by atoms with Gasteiger partial charge in [0.2, 0.25) is 0 Å². The van der Waals surface area contributed by atoms with E-state index in [1.165, 1.54) is 17.2 Å². The van der Waals surface area contributed by atoms with Crippen LogP contribution in [0.25, 0.3) is 0 Å². The molecule has 0 saturated carbocycles. The summed E-state index contributed by atoms with van der Waals surface area (Å²) in [6.07, 6.45) is 0.725. The van der Waals surface area contributed by atoms with Gasteiger partial charge >= 0.3 is 0 Å². The number of hydrogen-bond acceptors (Lipinski definition) is 1. The Morgan fingerprint density at radius 3 is 2.30 bits per heavy atom. The van der Waals surface area contributed by atoms with Crippen molar-refractivity contribution in [3.8, 4) is 0 Å². The van der Waals surface area contributed by atoms with Crippen LogP contribution in [0.15, 0.2) is 42.5 Å². The molecule has 2 aromatic carbocycles. The second kappa shape index (κ2) is 6.19. The van der Waals surface area contributed by atoms with Crippen molar-refractivity contribution in [1.29, 1.82) is 0 Å². The van der Waals surface area contributed by atoms with Gasteiger partial charge in [-0.05, 0) is 53.6 Å². The van der Waals surface area contributed by atoms with E-state index < -0.39 is 0 Å². The van der Waals surface area contributed by atoms with Crippen molar-refractivity contribution >= 4 is 0 Å². The average molecular weight is 271 g/mol. The zero-order valence-corrected chi connectivity index (χ0v) is 12.4. The normalized spacial score (nSPS) is 12.7. The Bertz CT molecular complexity index is 572. The molecule has 2 rings (SSSR count).